The molecule has 1 nitrogen and oxygen atoms in total. The van der Waals surface area contributed by atoms with E-state index in [0.717, 1.165) is 17.1 Å². The van der Waals surface area contributed by atoms with Crippen LogP contribution < -0.4 is 4.90 Å². The van der Waals surface area contributed by atoms with E-state index in [4.69, 9.17) is 0 Å². The molecule has 0 amide bonds. The van der Waals surface area contributed by atoms with Crippen LogP contribution in [0.4, 0.5) is 17.1 Å². The third-order valence-corrected chi connectivity index (χ3v) is 12.0. The van der Waals surface area contributed by atoms with Gasteiger partial charge in [-0.15, -0.1) is 0 Å². The van der Waals surface area contributed by atoms with E-state index in [9.17, 15) is 0 Å². The number of hydrogen-bond donors (Lipinski definition) is 0. The highest BCUT2D eigenvalue weighted by Gasteiger charge is 2.23. The molecule has 11 aromatic rings. The molecule has 0 unspecified atom stereocenters. The maximum atomic E-state index is 2.43. The van der Waals surface area contributed by atoms with Gasteiger partial charge in [-0.3, -0.25) is 0 Å². The molecule has 60 heavy (non-hydrogen) atoms. The average molecular weight is 764 g/mol. The van der Waals surface area contributed by atoms with E-state index < -0.39 is 0 Å². The Labute approximate surface area is 351 Å². The lowest BCUT2D eigenvalue weighted by molar-refractivity contribution is 1.28. The van der Waals surface area contributed by atoms with E-state index in [-0.39, 0.29) is 0 Å². The molecule has 0 aliphatic carbocycles. The summed E-state index contributed by atoms with van der Waals surface area (Å²) in [5.41, 5.74) is 14.3. The lowest BCUT2D eigenvalue weighted by Gasteiger charge is -2.27. The van der Waals surface area contributed by atoms with Gasteiger partial charge >= 0.3 is 0 Å². The summed E-state index contributed by atoms with van der Waals surface area (Å²) in [6.45, 7) is 2.17. The summed E-state index contributed by atoms with van der Waals surface area (Å²) < 4.78 is 0. The van der Waals surface area contributed by atoms with Crippen LogP contribution in [0.3, 0.4) is 0 Å². The summed E-state index contributed by atoms with van der Waals surface area (Å²) in [5, 5.41) is 9.98. The van der Waals surface area contributed by atoms with Crippen molar-refractivity contribution in [2.75, 3.05) is 4.90 Å². The number of benzene rings is 11. The highest BCUT2D eigenvalue weighted by Crippen LogP contribution is 2.50. The van der Waals surface area contributed by atoms with Gasteiger partial charge in [0.1, 0.15) is 0 Å². The van der Waals surface area contributed by atoms with E-state index in [1.54, 1.807) is 0 Å². The summed E-state index contributed by atoms with van der Waals surface area (Å²) in [6.07, 6.45) is 0. The second-order valence-electron chi connectivity index (χ2n) is 15.8. The molecule has 0 saturated carbocycles. The molecular weight excluding hydrogens is 723 g/mol. The van der Waals surface area contributed by atoms with Crippen molar-refractivity contribution in [2.45, 2.75) is 6.92 Å². The van der Waals surface area contributed by atoms with Crippen molar-refractivity contribution in [1.82, 2.24) is 0 Å². The van der Waals surface area contributed by atoms with Gasteiger partial charge in [0.15, 0.2) is 0 Å². The Balaban J connectivity index is 1.19. The van der Waals surface area contributed by atoms with Crippen LogP contribution in [0.25, 0.3) is 87.6 Å². The summed E-state index contributed by atoms with van der Waals surface area (Å²) in [6, 6.07) is 84.5. The SMILES string of the molecule is Cc1cccc(N(c2ccc(-c3ccc4ccccc4c3)cc2)c2ccc3c(c2)c2ccccc2c2c(-c4ccccc4)cc(-c4ccccc4)c(-c4ccccc4)c32)c1. The first-order valence-corrected chi connectivity index (χ1v) is 20.8. The van der Waals surface area contributed by atoms with Gasteiger partial charge in [-0.05, 0) is 149 Å². The molecule has 0 fully saturated rings. The molecule has 1 heteroatoms. The van der Waals surface area contributed by atoms with Crippen LogP contribution in [-0.2, 0) is 0 Å². The van der Waals surface area contributed by atoms with Crippen LogP contribution in [0, 0.1) is 6.92 Å². The normalized spacial score (nSPS) is 11.4. The zero-order valence-electron chi connectivity index (χ0n) is 33.4. The number of anilines is 3. The van der Waals surface area contributed by atoms with Crippen molar-refractivity contribution in [3.05, 3.63) is 236 Å². The van der Waals surface area contributed by atoms with Crippen molar-refractivity contribution in [3.63, 3.8) is 0 Å². The van der Waals surface area contributed by atoms with Crippen molar-refractivity contribution in [1.29, 1.82) is 0 Å². The number of nitrogens with zero attached hydrogens (tertiary/aromatic N) is 1. The monoisotopic (exact) mass is 763 g/mol. The summed E-state index contributed by atoms with van der Waals surface area (Å²) >= 11 is 0. The lowest BCUT2D eigenvalue weighted by Crippen LogP contribution is -2.10. The van der Waals surface area contributed by atoms with E-state index in [2.05, 4.69) is 242 Å². The number of aryl methyl sites for hydroxylation is 1. The van der Waals surface area contributed by atoms with Crippen molar-refractivity contribution >= 4 is 60.2 Å². The smallest absolute Gasteiger partial charge is 0.0468 e. The van der Waals surface area contributed by atoms with Gasteiger partial charge in [0, 0.05) is 17.1 Å². The minimum Gasteiger partial charge on any atom is -0.310 e. The van der Waals surface area contributed by atoms with Crippen molar-refractivity contribution in [2.24, 2.45) is 0 Å². The van der Waals surface area contributed by atoms with Gasteiger partial charge in [0.2, 0.25) is 0 Å². The Morgan fingerprint density at radius 1 is 0.283 bits per heavy atom. The van der Waals surface area contributed by atoms with E-state index in [0.29, 0.717) is 0 Å². The Hall–Kier alpha value is -7.74. The van der Waals surface area contributed by atoms with Crippen molar-refractivity contribution < 1.29 is 0 Å². The highest BCUT2D eigenvalue weighted by atomic mass is 15.1. The summed E-state index contributed by atoms with van der Waals surface area (Å²) in [4.78, 5) is 2.41. The molecule has 0 bridgehead atoms. The predicted octanol–water partition coefficient (Wildman–Crippen LogP) is 16.7. The summed E-state index contributed by atoms with van der Waals surface area (Å²) in [7, 11) is 0. The largest absolute Gasteiger partial charge is 0.310 e. The van der Waals surface area contributed by atoms with Gasteiger partial charge < -0.3 is 4.90 Å². The van der Waals surface area contributed by atoms with Crippen LogP contribution >= 0.6 is 0 Å². The molecule has 0 saturated heterocycles. The fourth-order valence-corrected chi connectivity index (χ4v) is 9.26. The molecule has 282 valence electrons. The molecule has 11 rings (SSSR count). The fraction of sp³-hybridized carbons (Fsp3) is 0.0169. The van der Waals surface area contributed by atoms with E-state index in [1.807, 2.05) is 0 Å². The third-order valence-electron chi connectivity index (χ3n) is 12.0. The third kappa shape index (κ3) is 6.20. The maximum Gasteiger partial charge on any atom is 0.0468 e. The van der Waals surface area contributed by atoms with Crippen LogP contribution in [0.5, 0.6) is 0 Å². The molecule has 11 aromatic carbocycles. The summed E-state index contributed by atoms with van der Waals surface area (Å²) in [5.74, 6) is 0. The van der Waals surface area contributed by atoms with Gasteiger partial charge in [0.25, 0.3) is 0 Å². The van der Waals surface area contributed by atoms with Crippen LogP contribution in [-0.4, -0.2) is 0 Å². The fourth-order valence-electron chi connectivity index (χ4n) is 9.26. The van der Waals surface area contributed by atoms with Gasteiger partial charge in [0.05, 0.1) is 0 Å². The van der Waals surface area contributed by atoms with Gasteiger partial charge in [-0.25, -0.2) is 0 Å². The predicted molar refractivity (Wildman–Crippen MR) is 258 cm³/mol. The molecule has 0 atom stereocenters. The average Bonchev–Trinajstić information content (AvgIpc) is 3.32. The zero-order valence-corrected chi connectivity index (χ0v) is 33.4. The topological polar surface area (TPSA) is 3.24 Å². The van der Waals surface area contributed by atoms with Crippen LogP contribution in [0.15, 0.2) is 231 Å². The number of hydrogen-bond acceptors (Lipinski definition) is 1. The van der Waals surface area contributed by atoms with E-state index in [1.165, 1.54) is 93.2 Å². The minimum atomic E-state index is 1.11. The maximum absolute atomic E-state index is 2.43. The van der Waals surface area contributed by atoms with Gasteiger partial charge in [-0.1, -0.05) is 182 Å². The zero-order chi connectivity index (χ0) is 40.0. The molecule has 0 heterocycles. The van der Waals surface area contributed by atoms with Crippen LogP contribution in [0.2, 0.25) is 0 Å². The molecule has 0 N–H and O–H groups in total. The lowest BCUT2D eigenvalue weighted by atomic mass is 9.81. The molecule has 0 aliphatic rings. The number of rotatable bonds is 7. The quantitative estimate of drug-likeness (QED) is 0.146. The Kier molecular flexibility index (Phi) is 8.79. The molecule has 0 aliphatic heterocycles. The first-order valence-electron chi connectivity index (χ1n) is 20.8. The molecular formula is C59H41N. The molecule has 0 radical (unpaired) electrons. The minimum absolute atomic E-state index is 1.11. The van der Waals surface area contributed by atoms with Gasteiger partial charge in [-0.2, -0.15) is 0 Å². The standard InChI is InChI=1S/C59H41N/c1-40-16-15-25-49(36-40)60(48-32-30-42(31-33-48)47-29-28-41-17-11-12-24-46(41)37-47)50-34-35-53-56(38-50)51-26-13-14-27-52(51)58-55(44-20-7-3-8-21-44)39-54(43-18-5-2-6-19-43)57(59(53)58)45-22-9-4-10-23-45/h2-39H,1H3. The Morgan fingerprint density at radius 2 is 0.850 bits per heavy atom. The Bertz CT molecular complexity index is 3350. The first-order chi connectivity index (χ1) is 29.7. The number of fused-ring (bicyclic) bond motifs is 7. The highest BCUT2D eigenvalue weighted by molar-refractivity contribution is 6.33. The second kappa shape index (κ2) is 14.9. The second-order valence-corrected chi connectivity index (χ2v) is 15.8. The van der Waals surface area contributed by atoms with Crippen LogP contribution in [0.1, 0.15) is 5.56 Å². The molecule has 0 aromatic heterocycles. The van der Waals surface area contributed by atoms with Crippen molar-refractivity contribution in [3.8, 4) is 44.5 Å². The first kappa shape index (κ1) is 35.4. The molecule has 0 spiro atoms. The van der Waals surface area contributed by atoms with E-state index >= 15 is 0 Å². The Morgan fingerprint density at radius 3 is 1.57 bits per heavy atom.